The molecular weight excluding hydrogens is 798 g/mol. The van der Waals surface area contributed by atoms with Crippen LogP contribution >= 0.6 is 0 Å². The van der Waals surface area contributed by atoms with Crippen molar-refractivity contribution in [2.45, 2.75) is 193 Å². The Kier molecular flexibility index (Phi) is 18.1. The second-order valence-corrected chi connectivity index (χ2v) is 18.1. The molecule has 17 nitrogen and oxygen atoms in total. The largest absolute Gasteiger partial charge is 0.488 e. The highest BCUT2D eigenvalue weighted by atomic mass is 16.7. The minimum absolute atomic E-state index is 0.164. The molecule has 4 aliphatic rings. The normalized spacial score (nSPS) is 41.3. The number of ether oxygens (including phenoxy) is 8. The number of carboxylic acid groups (broad SMARTS) is 2. The van der Waals surface area contributed by atoms with Crippen molar-refractivity contribution in [2.75, 3.05) is 21.3 Å². The van der Waals surface area contributed by atoms with E-state index in [0.717, 1.165) is 5.57 Å². The number of aliphatic carboxylic acids is 2. The number of likely N-dealkylation sites (N-methyl/N-ethyl adjacent to an activating group) is 1. The van der Waals surface area contributed by atoms with Crippen LogP contribution in [0.3, 0.4) is 0 Å². The predicted octanol–water partition coefficient (Wildman–Crippen LogP) is 4.25. The highest BCUT2D eigenvalue weighted by molar-refractivity contribution is 5.92. The van der Waals surface area contributed by atoms with Crippen LogP contribution in [0.25, 0.3) is 0 Å². The van der Waals surface area contributed by atoms with E-state index >= 15 is 0 Å². The molecule has 0 unspecified atom stereocenters. The smallest absolute Gasteiger partial charge is 0.328 e. The molecule has 0 amide bonds. The van der Waals surface area contributed by atoms with Gasteiger partial charge >= 0.3 is 17.9 Å². The molecule has 350 valence electrons. The lowest BCUT2D eigenvalue weighted by Crippen LogP contribution is -2.61. The van der Waals surface area contributed by atoms with E-state index < -0.39 is 102 Å². The van der Waals surface area contributed by atoms with Gasteiger partial charge in [-0.2, -0.15) is 0 Å². The van der Waals surface area contributed by atoms with E-state index in [1.807, 2.05) is 41.7 Å². The Morgan fingerprint density at radius 3 is 2.05 bits per heavy atom. The summed E-state index contributed by atoms with van der Waals surface area (Å²) in [7, 11) is 4.97. The molecule has 4 heterocycles. The molecule has 0 saturated carbocycles. The van der Waals surface area contributed by atoms with Gasteiger partial charge in [-0.05, 0) is 94.7 Å². The molecule has 0 spiro atoms. The summed E-state index contributed by atoms with van der Waals surface area (Å²) in [6.07, 6.45) is -4.72. The van der Waals surface area contributed by atoms with Gasteiger partial charge in [-0.3, -0.25) is 14.5 Å². The van der Waals surface area contributed by atoms with Gasteiger partial charge in [0.25, 0.3) is 0 Å². The van der Waals surface area contributed by atoms with Crippen molar-refractivity contribution in [3.05, 3.63) is 23.5 Å². The molecule has 17 heteroatoms. The molecule has 0 aromatic rings. The van der Waals surface area contributed by atoms with Gasteiger partial charge in [0.2, 0.25) is 0 Å². The number of Topliss-reactive ketones (excluding diaryl/α,β-unsaturated/α-hetero) is 1. The van der Waals surface area contributed by atoms with Crippen molar-refractivity contribution < 1.29 is 77.5 Å². The summed E-state index contributed by atoms with van der Waals surface area (Å²) in [6, 6.07) is -0.0782. The molecule has 0 aromatic carbocycles. The average molecular weight is 872 g/mol. The number of cyclic esters (lactones) is 1. The second kappa shape index (κ2) is 21.1. The summed E-state index contributed by atoms with van der Waals surface area (Å²) in [5, 5.41) is 38.4. The number of allylic oxidation sites excluding steroid dienone is 1. The van der Waals surface area contributed by atoms with Crippen molar-refractivity contribution in [1.82, 2.24) is 4.90 Å². The van der Waals surface area contributed by atoms with E-state index in [2.05, 4.69) is 18.7 Å². The zero-order chi connectivity index (χ0) is 46.5. The van der Waals surface area contributed by atoms with Crippen LogP contribution < -0.4 is 0 Å². The van der Waals surface area contributed by atoms with Gasteiger partial charge in [0.15, 0.2) is 24.0 Å². The lowest BCUT2D eigenvalue weighted by molar-refractivity contribution is -0.317. The first kappa shape index (κ1) is 52.3. The van der Waals surface area contributed by atoms with Crippen molar-refractivity contribution in [1.29, 1.82) is 0 Å². The van der Waals surface area contributed by atoms with E-state index in [1.165, 1.54) is 14.2 Å². The molecule has 0 aliphatic carbocycles. The fourth-order valence-corrected chi connectivity index (χ4v) is 9.19. The van der Waals surface area contributed by atoms with E-state index in [-0.39, 0.29) is 30.4 Å². The summed E-state index contributed by atoms with van der Waals surface area (Å²) < 4.78 is 51.1. The summed E-state index contributed by atoms with van der Waals surface area (Å²) in [6.45, 7) is 22.5. The maximum atomic E-state index is 14.4. The Bertz CT molecular complexity index is 1590. The molecule has 16 atom stereocenters. The standard InChI is InChI=1S/C40H69NO12.C4H4O4/c1-16-28-40(12,47-15)33(43)23(6)31-21(4)18-39(11,53-31)35(52-37-30(42)27(17-22(5)48-37)41(13)20(2)3)24(7)32(25(8)36(45)50-28)51-29-19-38(10,46-14)34(44)26(9)49-29;5-3(6)1-2-4(7)8/h20,22-30,32,34-35,37,42,44H,16-19H2,1-15H3;1-2H,(H,5,6)(H,7,8)/b;2-1-/t22-,23+,24+,25-,26+,27+,28-,29+,30-,32+,34+,35-,37+,38-,39-,40-;/m1./s1. The summed E-state index contributed by atoms with van der Waals surface area (Å²) in [5.41, 5.74) is -2.66. The van der Waals surface area contributed by atoms with E-state index in [4.69, 9.17) is 48.1 Å². The molecule has 4 aliphatic heterocycles. The van der Waals surface area contributed by atoms with Gasteiger partial charge in [-0.25, -0.2) is 9.59 Å². The van der Waals surface area contributed by atoms with Crippen LogP contribution in [0.5, 0.6) is 0 Å². The predicted molar refractivity (Wildman–Crippen MR) is 221 cm³/mol. The van der Waals surface area contributed by atoms with Crippen LogP contribution in [-0.2, 0) is 57.1 Å². The number of rotatable bonds is 11. The number of hydrogen-bond donors (Lipinski definition) is 4. The van der Waals surface area contributed by atoms with Crippen LogP contribution in [-0.4, -0.2) is 154 Å². The Hall–Kier alpha value is -3.00. The van der Waals surface area contributed by atoms with Crippen molar-refractivity contribution in [2.24, 2.45) is 17.8 Å². The van der Waals surface area contributed by atoms with Crippen molar-refractivity contribution >= 4 is 23.7 Å². The van der Waals surface area contributed by atoms with Crippen molar-refractivity contribution in [3.63, 3.8) is 0 Å². The third kappa shape index (κ3) is 11.8. The fraction of sp³-hybridized carbons (Fsp3) is 0.818. The number of fused-ring (bicyclic) bond motifs is 2. The number of ketones is 1. The lowest BCUT2D eigenvalue weighted by atomic mass is 9.79. The Labute approximate surface area is 361 Å². The number of aliphatic hydroxyl groups is 2. The molecule has 4 rings (SSSR count). The quantitative estimate of drug-likeness (QED) is 0.168. The van der Waals surface area contributed by atoms with Crippen LogP contribution in [0, 0.1) is 17.8 Å². The third-order valence-electron chi connectivity index (χ3n) is 13.2. The molecule has 0 radical (unpaired) electrons. The van der Waals surface area contributed by atoms with Gasteiger partial charge in [-0.15, -0.1) is 0 Å². The molecule has 0 aromatic heterocycles. The minimum Gasteiger partial charge on any atom is -0.488 e. The first-order chi connectivity index (χ1) is 28.2. The number of carbonyl (C=O) groups excluding carboxylic acids is 2. The van der Waals surface area contributed by atoms with E-state index in [0.29, 0.717) is 37.2 Å². The topological polar surface area (TPSA) is 226 Å². The number of carbonyl (C=O) groups is 4. The molecular formula is C44H73NO16. The van der Waals surface area contributed by atoms with E-state index in [1.54, 1.807) is 34.6 Å². The van der Waals surface area contributed by atoms with Crippen molar-refractivity contribution in [3.8, 4) is 0 Å². The minimum atomic E-state index is -1.48. The van der Waals surface area contributed by atoms with Gasteiger partial charge < -0.3 is 58.3 Å². The Morgan fingerprint density at radius 1 is 0.951 bits per heavy atom. The molecule has 2 bridgehead atoms. The second-order valence-electron chi connectivity index (χ2n) is 18.1. The Morgan fingerprint density at radius 2 is 1.54 bits per heavy atom. The summed E-state index contributed by atoms with van der Waals surface area (Å²) in [5.74, 6) is -5.10. The van der Waals surface area contributed by atoms with E-state index in [9.17, 15) is 29.4 Å². The summed E-state index contributed by atoms with van der Waals surface area (Å²) >= 11 is 0. The first-order valence-corrected chi connectivity index (χ1v) is 21.3. The molecule has 3 fully saturated rings. The monoisotopic (exact) mass is 871 g/mol. The zero-order valence-electron chi connectivity index (χ0n) is 38.7. The van der Waals surface area contributed by atoms with Crippen LogP contribution in [0.2, 0.25) is 0 Å². The molecule has 3 saturated heterocycles. The number of aliphatic hydroxyl groups excluding tert-OH is 2. The maximum Gasteiger partial charge on any atom is 0.328 e. The number of nitrogens with zero attached hydrogens (tertiary/aromatic N) is 1. The van der Waals surface area contributed by atoms with Gasteiger partial charge in [-0.1, -0.05) is 13.8 Å². The van der Waals surface area contributed by atoms with Crippen LogP contribution in [0.4, 0.5) is 0 Å². The Balaban J connectivity index is 0.00000112. The summed E-state index contributed by atoms with van der Waals surface area (Å²) in [4.78, 5) is 49.9. The first-order valence-electron chi connectivity index (χ1n) is 21.3. The van der Waals surface area contributed by atoms with Gasteiger partial charge in [0, 0.05) is 57.2 Å². The van der Waals surface area contributed by atoms with Gasteiger partial charge in [0.05, 0.1) is 35.7 Å². The number of esters is 1. The molecule has 4 N–H and O–H groups in total. The van der Waals surface area contributed by atoms with Crippen LogP contribution in [0.15, 0.2) is 23.5 Å². The van der Waals surface area contributed by atoms with Gasteiger partial charge in [0.1, 0.15) is 35.8 Å². The fourth-order valence-electron chi connectivity index (χ4n) is 9.19. The number of carboxylic acids is 2. The highest BCUT2D eigenvalue weighted by Gasteiger charge is 2.56. The lowest BCUT2D eigenvalue weighted by Gasteiger charge is -2.49. The average Bonchev–Trinajstić information content (AvgIpc) is 3.52. The SMILES string of the molecule is CC[C@H]1OC(=O)[C@H](C)[C@@H](O[C@H]2C[C@@](C)(OC)[C@@H](O)[C@H](C)O2)[C@H](C)[C@@H](O[C@@H]2O[C@H](C)C[C@H](N(C)C(C)C)[C@H]2O)[C@@]2(C)CC(C)=C(O2)[C@H](C)C(=O)[C@]1(C)OC.O=C(O)/C=C\C(=O)O. The molecule has 61 heavy (non-hydrogen) atoms. The van der Waals surface area contributed by atoms with Crippen LogP contribution in [0.1, 0.15) is 109 Å². The zero-order valence-corrected chi connectivity index (χ0v) is 38.7. The third-order valence-corrected chi connectivity index (χ3v) is 13.2. The maximum absolute atomic E-state index is 14.4. The number of methoxy groups -OCH3 is 2. The highest BCUT2D eigenvalue weighted by Crippen LogP contribution is 2.47. The number of hydrogen-bond acceptors (Lipinski definition) is 15.